The first-order valence-electron chi connectivity index (χ1n) is 9.67. The quantitative estimate of drug-likeness (QED) is 0.347. The maximum Gasteiger partial charge on any atom is 0.191 e. The van der Waals surface area contributed by atoms with Crippen LogP contribution >= 0.6 is 24.0 Å². The van der Waals surface area contributed by atoms with Gasteiger partial charge >= 0.3 is 0 Å². The molecular weight excluding hydrogens is 467 g/mol. The van der Waals surface area contributed by atoms with Gasteiger partial charge in [0.2, 0.25) is 0 Å². The van der Waals surface area contributed by atoms with Crippen molar-refractivity contribution < 1.29 is 4.42 Å². The van der Waals surface area contributed by atoms with E-state index in [0.29, 0.717) is 6.54 Å². The standard InChI is InChI=1S/C20H30N6O.HI/c1-3-25-10-12-26(13-11-25)19-15-17(6-8-22-19)16-24-20(21-2)23-9-7-18-5-4-14-27-18;/h4-6,8,14-15H,3,7,9-13,16H2,1-2H3,(H2,21,23,24);1H. The second kappa shape index (κ2) is 11.9. The zero-order chi connectivity index (χ0) is 18.9. The number of anilines is 1. The molecule has 1 aliphatic heterocycles. The first-order valence-corrected chi connectivity index (χ1v) is 9.67. The molecular formula is C20H31IN6O. The monoisotopic (exact) mass is 498 g/mol. The van der Waals surface area contributed by atoms with Gasteiger partial charge in [-0.05, 0) is 36.4 Å². The van der Waals surface area contributed by atoms with Gasteiger partial charge in [0.15, 0.2) is 5.96 Å². The van der Waals surface area contributed by atoms with Crippen molar-refractivity contribution in [2.75, 3.05) is 51.2 Å². The molecule has 0 amide bonds. The molecule has 1 aliphatic rings. The van der Waals surface area contributed by atoms with Crippen molar-refractivity contribution in [2.45, 2.75) is 19.9 Å². The van der Waals surface area contributed by atoms with Gasteiger partial charge in [-0.3, -0.25) is 4.99 Å². The van der Waals surface area contributed by atoms with Crippen LogP contribution < -0.4 is 15.5 Å². The molecule has 0 unspecified atom stereocenters. The van der Waals surface area contributed by atoms with E-state index >= 15 is 0 Å². The third kappa shape index (κ3) is 6.66. The zero-order valence-corrected chi connectivity index (χ0v) is 19.1. The molecule has 8 heteroatoms. The molecule has 0 aliphatic carbocycles. The summed E-state index contributed by atoms with van der Waals surface area (Å²) in [6.07, 6.45) is 4.42. The molecule has 2 aromatic rings. The van der Waals surface area contributed by atoms with Crippen molar-refractivity contribution in [3.05, 3.63) is 48.0 Å². The Morgan fingerprint density at radius 3 is 2.71 bits per heavy atom. The summed E-state index contributed by atoms with van der Waals surface area (Å²) in [5.74, 6) is 2.82. The van der Waals surface area contributed by atoms with Gasteiger partial charge in [0.05, 0.1) is 6.26 Å². The van der Waals surface area contributed by atoms with Crippen molar-refractivity contribution >= 4 is 35.8 Å². The third-order valence-electron chi connectivity index (χ3n) is 4.88. The van der Waals surface area contributed by atoms with E-state index in [-0.39, 0.29) is 24.0 Å². The molecule has 7 nitrogen and oxygen atoms in total. The number of hydrogen-bond acceptors (Lipinski definition) is 5. The number of nitrogens with zero attached hydrogens (tertiary/aromatic N) is 4. The van der Waals surface area contributed by atoms with E-state index in [1.807, 2.05) is 18.3 Å². The molecule has 0 radical (unpaired) electrons. The molecule has 0 saturated carbocycles. The summed E-state index contributed by atoms with van der Waals surface area (Å²) in [5.41, 5.74) is 1.20. The average molecular weight is 498 g/mol. The molecule has 28 heavy (non-hydrogen) atoms. The molecule has 1 fully saturated rings. The number of hydrogen-bond donors (Lipinski definition) is 2. The average Bonchev–Trinajstić information content (AvgIpc) is 3.24. The number of furan rings is 1. The van der Waals surface area contributed by atoms with E-state index in [1.54, 1.807) is 13.3 Å². The number of piperazine rings is 1. The van der Waals surface area contributed by atoms with Gasteiger partial charge in [-0.1, -0.05) is 6.92 Å². The summed E-state index contributed by atoms with van der Waals surface area (Å²) in [4.78, 5) is 13.7. The summed E-state index contributed by atoms with van der Waals surface area (Å²) in [6, 6.07) is 8.11. The Morgan fingerprint density at radius 1 is 1.21 bits per heavy atom. The fraction of sp³-hybridized carbons (Fsp3) is 0.500. The van der Waals surface area contributed by atoms with Gasteiger partial charge in [-0.25, -0.2) is 4.98 Å². The van der Waals surface area contributed by atoms with Crippen molar-refractivity contribution in [3.8, 4) is 0 Å². The van der Waals surface area contributed by atoms with Crippen molar-refractivity contribution in [3.63, 3.8) is 0 Å². The summed E-state index contributed by atoms with van der Waals surface area (Å²) in [5, 5.41) is 6.68. The lowest BCUT2D eigenvalue weighted by atomic mass is 10.2. The number of likely N-dealkylation sites (N-methyl/N-ethyl adjacent to an activating group) is 1. The molecule has 3 rings (SSSR count). The summed E-state index contributed by atoms with van der Waals surface area (Å²) in [6.45, 7) is 9.11. The molecule has 2 N–H and O–H groups in total. The smallest absolute Gasteiger partial charge is 0.191 e. The van der Waals surface area contributed by atoms with Crippen LogP contribution in [0.2, 0.25) is 0 Å². The number of pyridine rings is 1. The fourth-order valence-electron chi connectivity index (χ4n) is 3.20. The number of guanidine groups is 1. The predicted octanol–water partition coefficient (Wildman–Crippen LogP) is 2.34. The lowest BCUT2D eigenvalue weighted by Crippen LogP contribution is -2.46. The molecule has 0 spiro atoms. The summed E-state index contributed by atoms with van der Waals surface area (Å²) < 4.78 is 5.35. The van der Waals surface area contributed by atoms with Crippen molar-refractivity contribution in [2.24, 2.45) is 4.99 Å². The molecule has 0 bridgehead atoms. The van der Waals surface area contributed by atoms with Crippen LogP contribution in [0, 0.1) is 0 Å². The Balaban J connectivity index is 0.00000280. The van der Waals surface area contributed by atoms with Crippen LogP contribution in [0.4, 0.5) is 5.82 Å². The van der Waals surface area contributed by atoms with Crippen molar-refractivity contribution in [1.29, 1.82) is 0 Å². The van der Waals surface area contributed by atoms with Crippen LogP contribution in [0.15, 0.2) is 46.1 Å². The highest BCUT2D eigenvalue weighted by molar-refractivity contribution is 14.0. The maximum absolute atomic E-state index is 5.35. The van der Waals surface area contributed by atoms with Crippen LogP contribution in [0.5, 0.6) is 0 Å². The Morgan fingerprint density at radius 2 is 2.04 bits per heavy atom. The Bertz CT molecular complexity index is 713. The SMILES string of the molecule is CCN1CCN(c2cc(CNC(=NC)NCCc3ccco3)ccn2)CC1.I. The highest BCUT2D eigenvalue weighted by atomic mass is 127. The molecule has 0 aromatic carbocycles. The molecule has 154 valence electrons. The maximum atomic E-state index is 5.35. The van der Waals surface area contributed by atoms with Gasteiger partial charge < -0.3 is 24.9 Å². The number of rotatable bonds is 7. The second-order valence-electron chi connectivity index (χ2n) is 6.63. The van der Waals surface area contributed by atoms with Gasteiger partial charge in [0, 0.05) is 58.9 Å². The Hall–Kier alpha value is -1.81. The predicted molar refractivity (Wildman–Crippen MR) is 125 cm³/mol. The highest BCUT2D eigenvalue weighted by Crippen LogP contribution is 2.15. The van der Waals surface area contributed by atoms with Crippen LogP contribution in [0.25, 0.3) is 0 Å². The van der Waals surface area contributed by atoms with Crippen LogP contribution in [0.3, 0.4) is 0 Å². The van der Waals surface area contributed by atoms with E-state index in [0.717, 1.165) is 63.2 Å². The second-order valence-corrected chi connectivity index (χ2v) is 6.63. The molecule has 0 atom stereocenters. The number of aromatic nitrogens is 1. The minimum Gasteiger partial charge on any atom is -0.469 e. The van der Waals surface area contributed by atoms with Gasteiger partial charge in [-0.2, -0.15) is 0 Å². The lowest BCUT2D eigenvalue weighted by molar-refractivity contribution is 0.270. The van der Waals surface area contributed by atoms with E-state index in [4.69, 9.17) is 4.42 Å². The third-order valence-corrected chi connectivity index (χ3v) is 4.88. The molecule has 2 aromatic heterocycles. The van der Waals surface area contributed by atoms with Crippen molar-refractivity contribution in [1.82, 2.24) is 20.5 Å². The van der Waals surface area contributed by atoms with Crippen LogP contribution in [0.1, 0.15) is 18.2 Å². The van der Waals surface area contributed by atoms with Crippen LogP contribution in [-0.4, -0.2) is 62.2 Å². The Kier molecular flexibility index (Phi) is 9.56. The first kappa shape index (κ1) is 22.5. The van der Waals surface area contributed by atoms with E-state index < -0.39 is 0 Å². The fourth-order valence-corrected chi connectivity index (χ4v) is 3.20. The normalized spacial score (nSPS) is 15.2. The zero-order valence-electron chi connectivity index (χ0n) is 16.7. The minimum absolute atomic E-state index is 0. The lowest BCUT2D eigenvalue weighted by Gasteiger charge is -2.34. The minimum atomic E-state index is 0. The van der Waals surface area contributed by atoms with Crippen LogP contribution in [-0.2, 0) is 13.0 Å². The topological polar surface area (TPSA) is 68.9 Å². The largest absolute Gasteiger partial charge is 0.469 e. The number of halogens is 1. The van der Waals surface area contributed by atoms with E-state index in [1.165, 1.54) is 5.56 Å². The van der Waals surface area contributed by atoms with Gasteiger partial charge in [0.1, 0.15) is 11.6 Å². The molecule has 3 heterocycles. The van der Waals surface area contributed by atoms with Gasteiger partial charge in [-0.15, -0.1) is 24.0 Å². The number of aliphatic imine (C=N–C) groups is 1. The van der Waals surface area contributed by atoms with E-state index in [2.05, 4.69) is 49.5 Å². The first-order chi connectivity index (χ1) is 13.3. The van der Waals surface area contributed by atoms with Gasteiger partial charge in [0.25, 0.3) is 0 Å². The summed E-state index contributed by atoms with van der Waals surface area (Å²) >= 11 is 0. The highest BCUT2D eigenvalue weighted by Gasteiger charge is 2.16. The summed E-state index contributed by atoms with van der Waals surface area (Å²) in [7, 11) is 1.79. The Labute approximate surface area is 184 Å². The number of nitrogens with one attached hydrogen (secondary N) is 2. The van der Waals surface area contributed by atoms with E-state index in [9.17, 15) is 0 Å². The molecule has 1 saturated heterocycles.